The highest BCUT2D eigenvalue weighted by molar-refractivity contribution is 5.81. The Balaban J connectivity index is 2.24. The summed E-state index contributed by atoms with van der Waals surface area (Å²) in [6.45, 7) is 4.14. The molecule has 0 aromatic carbocycles. The van der Waals surface area contributed by atoms with Crippen LogP contribution >= 0.6 is 0 Å². The summed E-state index contributed by atoms with van der Waals surface area (Å²) in [6.07, 6.45) is 4.08. The van der Waals surface area contributed by atoms with E-state index in [4.69, 9.17) is 4.74 Å². The molecule has 1 aliphatic carbocycles. The van der Waals surface area contributed by atoms with Gasteiger partial charge in [-0.1, -0.05) is 13.8 Å². The van der Waals surface area contributed by atoms with Crippen LogP contribution < -0.4 is 5.32 Å². The number of nitrogens with one attached hydrogen (secondary N) is 1. The molecule has 2 atom stereocenters. The first-order valence-corrected chi connectivity index (χ1v) is 7.31. The lowest BCUT2D eigenvalue weighted by atomic mass is 9.98. The first kappa shape index (κ1) is 15.0. The number of aryl methyl sites for hydroxylation is 2. The van der Waals surface area contributed by atoms with Crippen LogP contribution in [-0.2, 0) is 22.4 Å². The molecule has 0 bridgehead atoms. The molecule has 112 valence electrons. The second kappa shape index (κ2) is 5.91. The normalized spacial score (nSPS) is 25.9. The van der Waals surface area contributed by atoms with Gasteiger partial charge in [0.1, 0.15) is 11.4 Å². The Morgan fingerprint density at radius 3 is 2.80 bits per heavy atom. The molecule has 1 heterocycles. The monoisotopic (exact) mass is 280 g/mol. The van der Waals surface area contributed by atoms with Crippen molar-refractivity contribution in [3.05, 3.63) is 11.6 Å². The van der Waals surface area contributed by atoms with E-state index in [9.17, 15) is 4.79 Å². The number of rotatable bonds is 5. The summed E-state index contributed by atoms with van der Waals surface area (Å²) in [7, 11) is 3.26. The predicted octanol–water partition coefficient (Wildman–Crippen LogP) is 1.26. The number of esters is 1. The predicted molar refractivity (Wildman–Crippen MR) is 75.5 cm³/mol. The average Bonchev–Trinajstić information content (AvgIpc) is 3.10. The topological polar surface area (TPSA) is 69.0 Å². The number of ether oxygens (including phenoxy) is 1. The van der Waals surface area contributed by atoms with Crippen molar-refractivity contribution in [1.29, 1.82) is 0 Å². The van der Waals surface area contributed by atoms with Crippen LogP contribution in [0.3, 0.4) is 0 Å². The molecule has 2 rings (SSSR count). The lowest BCUT2D eigenvalue weighted by molar-refractivity contribution is -0.148. The first-order chi connectivity index (χ1) is 9.60. The van der Waals surface area contributed by atoms with E-state index in [1.807, 2.05) is 11.7 Å². The molecular weight excluding hydrogens is 256 g/mol. The van der Waals surface area contributed by atoms with Gasteiger partial charge in [-0.15, -0.1) is 0 Å². The minimum Gasteiger partial charge on any atom is -0.468 e. The van der Waals surface area contributed by atoms with E-state index >= 15 is 0 Å². The number of carbonyl (C=O) groups is 1. The molecule has 1 aliphatic rings. The zero-order chi connectivity index (χ0) is 14.8. The molecule has 6 nitrogen and oxygen atoms in total. The summed E-state index contributed by atoms with van der Waals surface area (Å²) in [5, 5.41) is 7.74. The number of aromatic nitrogens is 3. The van der Waals surface area contributed by atoms with E-state index < -0.39 is 5.54 Å². The van der Waals surface area contributed by atoms with Crippen LogP contribution in [0.25, 0.3) is 0 Å². The summed E-state index contributed by atoms with van der Waals surface area (Å²) in [4.78, 5) is 16.6. The molecule has 0 radical (unpaired) electrons. The van der Waals surface area contributed by atoms with Crippen LogP contribution in [0.4, 0.5) is 0 Å². The first-order valence-electron chi connectivity index (χ1n) is 7.31. The van der Waals surface area contributed by atoms with Gasteiger partial charge in [-0.25, -0.2) is 9.67 Å². The van der Waals surface area contributed by atoms with E-state index in [2.05, 4.69) is 29.2 Å². The van der Waals surface area contributed by atoms with E-state index in [1.54, 1.807) is 0 Å². The zero-order valence-corrected chi connectivity index (χ0v) is 12.8. The maximum atomic E-state index is 12.0. The number of carbonyl (C=O) groups excluding carboxylic acids is 1. The molecule has 0 amide bonds. The van der Waals surface area contributed by atoms with Crippen LogP contribution in [-0.4, -0.2) is 40.4 Å². The Morgan fingerprint density at radius 1 is 1.50 bits per heavy atom. The van der Waals surface area contributed by atoms with E-state index in [-0.39, 0.29) is 12.0 Å². The fourth-order valence-corrected chi connectivity index (χ4v) is 3.03. The van der Waals surface area contributed by atoms with Crippen molar-refractivity contribution in [2.45, 2.75) is 57.5 Å². The van der Waals surface area contributed by atoms with Gasteiger partial charge in [0.2, 0.25) is 0 Å². The largest absolute Gasteiger partial charge is 0.468 e. The SMILES string of the molecule is CCc1nc(CC)n(C2CCC(NC)(C(=O)OC)C2)n1. The third-order valence-corrected chi connectivity index (χ3v) is 4.27. The third kappa shape index (κ3) is 2.44. The average molecular weight is 280 g/mol. The van der Waals surface area contributed by atoms with Crippen LogP contribution in [0.5, 0.6) is 0 Å². The second-order valence-electron chi connectivity index (χ2n) is 5.32. The molecule has 1 fully saturated rings. The number of nitrogens with zero attached hydrogens (tertiary/aromatic N) is 3. The molecule has 0 aliphatic heterocycles. The highest BCUT2D eigenvalue weighted by atomic mass is 16.5. The van der Waals surface area contributed by atoms with Crippen molar-refractivity contribution in [3.8, 4) is 0 Å². The Kier molecular flexibility index (Phi) is 4.42. The van der Waals surface area contributed by atoms with E-state index in [0.29, 0.717) is 6.42 Å². The van der Waals surface area contributed by atoms with Gasteiger partial charge in [0, 0.05) is 12.8 Å². The highest BCUT2D eigenvalue weighted by Crippen LogP contribution is 2.38. The van der Waals surface area contributed by atoms with Gasteiger partial charge in [0.05, 0.1) is 13.2 Å². The molecule has 6 heteroatoms. The molecule has 2 unspecified atom stereocenters. The van der Waals surface area contributed by atoms with Gasteiger partial charge in [0.25, 0.3) is 0 Å². The molecule has 20 heavy (non-hydrogen) atoms. The lowest BCUT2D eigenvalue weighted by Crippen LogP contribution is -2.49. The van der Waals surface area contributed by atoms with Crippen molar-refractivity contribution in [2.75, 3.05) is 14.2 Å². The standard InChI is InChI=1S/C14H24N4O2/c1-5-11-16-12(6-2)18(17-11)10-7-8-14(9-10,15-3)13(19)20-4/h10,15H,5-9H2,1-4H3. The third-order valence-electron chi connectivity index (χ3n) is 4.27. The second-order valence-corrected chi connectivity index (χ2v) is 5.32. The van der Waals surface area contributed by atoms with E-state index in [0.717, 1.165) is 37.3 Å². The molecule has 1 saturated carbocycles. The quantitative estimate of drug-likeness (QED) is 0.822. The van der Waals surface area contributed by atoms with Crippen LogP contribution in [0, 0.1) is 0 Å². The molecule has 1 aromatic rings. The molecule has 0 saturated heterocycles. The fourth-order valence-electron chi connectivity index (χ4n) is 3.03. The van der Waals surface area contributed by atoms with Crippen LogP contribution in [0.15, 0.2) is 0 Å². The summed E-state index contributed by atoms with van der Waals surface area (Å²) >= 11 is 0. The van der Waals surface area contributed by atoms with Crippen molar-refractivity contribution in [1.82, 2.24) is 20.1 Å². The number of hydrogen-bond acceptors (Lipinski definition) is 5. The van der Waals surface area contributed by atoms with Gasteiger partial charge in [0.15, 0.2) is 5.82 Å². The summed E-state index contributed by atoms with van der Waals surface area (Å²) in [6, 6.07) is 0.212. The zero-order valence-electron chi connectivity index (χ0n) is 12.8. The van der Waals surface area contributed by atoms with Crippen molar-refractivity contribution in [2.24, 2.45) is 0 Å². The lowest BCUT2D eigenvalue weighted by Gasteiger charge is -2.25. The smallest absolute Gasteiger partial charge is 0.326 e. The van der Waals surface area contributed by atoms with Gasteiger partial charge in [-0.05, 0) is 26.3 Å². The van der Waals surface area contributed by atoms with Crippen LogP contribution in [0.2, 0.25) is 0 Å². The minimum atomic E-state index is -0.581. The number of likely N-dealkylation sites (N-methyl/N-ethyl adjacent to an activating group) is 1. The molecular formula is C14H24N4O2. The molecule has 1 N–H and O–H groups in total. The maximum Gasteiger partial charge on any atom is 0.326 e. The minimum absolute atomic E-state index is 0.184. The molecule has 1 aromatic heterocycles. The van der Waals surface area contributed by atoms with Gasteiger partial charge < -0.3 is 10.1 Å². The van der Waals surface area contributed by atoms with Crippen molar-refractivity contribution in [3.63, 3.8) is 0 Å². The fraction of sp³-hybridized carbons (Fsp3) is 0.786. The van der Waals surface area contributed by atoms with Gasteiger partial charge in [-0.3, -0.25) is 4.79 Å². The molecule has 0 spiro atoms. The van der Waals surface area contributed by atoms with E-state index in [1.165, 1.54) is 7.11 Å². The van der Waals surface area contributed by atoms with Crippen LogP contribution in [0.1, 0.15) is 50.8 Å². The van der Waals surface area contributed by atoms with Gasteiger partial charge >= 0.3 is 5.97 Å². The Hall–Kier alpha value is -1.43. The van der Waals surface area contributed by atoms with Crippen molar-refractivity contribution >= 4 is 5.97 Å². The Morgan fingerprint density at radius 2 is 2.25 bits per heavy atom. The summed E-state index contributed by atoms with van der Waals surface area (Å²) < 4.78 is 6.96. The number of hydrogen-bond donors (Lipinski definition) is 1. The van der Waals surface area contributed by atoms with Gasteiger partial charge in [-0.2, -0.15) is 5.10 Å². The summed E-state index contributed by atoms with van der Waals surface area (Å²) in [5.74, 6) is 1.70. The Bertz CT molecular complexity index is 486. The highest BCUT2D eigenvalue weighted by Gasteiger charge is 2.46. The maximum absolute atomic E-state index is 12.0. The Labute approximate surface area is 119 Å². The summed E-state index contributed by atoms with van der Waals surface area (Å²) in [5.41, 5.74) is -0.581. The number of methoxy groups -OCH3 is 1. The van der Waals surface area contributed by atoms with Crippen molar-refractivity contribution < 1.29 is 9.53 Å².